The smallest absolute Gasteiger partial charge is 0.246 e. The number of carbonyl (C=O) groups is 2. The van der Waals surface area contributed by atoms with Crippen LogP contribution in [0.25, 0.3) is 0 Å². The first-order valence-electron chi connectivity index (χ1n) is 9.11. The lowest BCUT2D eigenvalue weighted by molar-refractivity contribution is -0.125. The lowest BCUT2D eigenvalue weighted by Crippen LogP contribution is -2.44. The summed E-state index contributed by atoms with van der Waals surface area (Å²) in [5.74, 6) is -0.486. The Morgan fingerprint density at radius 3 is 2.41 bits per heavy atom. The van der Waals surface area contributed by atoms with Crippen LogP contribution >= 0.6 is 11.6 Å². The third-order valence-electron chi connectivity index (χ3n) is 5.10. The SMILES string of the molecule is Cc1ccc(NC(=O)[C@@H](c2ccccc2)N2CCC(C(N)=O)CC2)cc1Cl. The number of aryl methyl sites for hydroxylation is 1. The Morgan fingerprint density at radius 1 is 1.15 bits per heavy atom. The molecule has 0 aromatic heterocycles. The molecule has 0 saturated carbocycles. The van der Waals surface area contributed by atoms with E-state index in [9.17, 15) is 9.59 Å². The lowest BCUT2D eigenvalue weighted by atomic mass is 9.93. The maximum atomic E-state index is 13.1. The van der Waals surface area contributed by atoms with Crippen molar-refractivity contribution in [3.63, 3.8) is 0 Å². The van der Waals surface area contributed by atoms with Crippen LogP contribution in [0.3, 0.4) is 0 Å². The molecule has 2 amide bonds. The van der Waals surface area contributed by atoms with Gasteiger partial charge in [0.2, 0.25) is 11.8 Å². The Bertz CT molecular complexity index is 817. The summed E-state index contributed by atoms with van der Waals surface area (Å²) in [4.78, 5) is 26.7. The monoisotopic (exact) mass is 385 g/mol. The Hall–Kier alpha value is -2.37. The van der Waals surface area contributed by atoms with Gasteiger partial charge in [0.15, 0.2) is 0 Å². The molecular formula is C21H24ClN3O2. The summed E-state index contributed by atoms with van der Waals surface area (Å²) in [7, 11) is 0. The maximum absolute atomic E-state index is 13.1. The summed E-state index contributed by atoms with van der Waals surface area (Å²) in [5.41, 5.74) is 7.99. The minimum absolute atomic E-state index is 0.112. The molecule has 0 radical (unpaired) electrons. The molecule has 2 aromatic rings. The number of primary amides is 1. The molecule has 1 aliphatic rings. The number of amides is 2. The van der Waals surface area contributed by atoms with E-state index in [2.05, 4.69) is 10.2 Å². The number of halogens is 1. The normalized spacial score (nSPS) is 16.7. The Morgan fingerprint density at radius 2 is 1.81 bits per heavy atom. The molecule has 1 heterocycles. The molecule has 6 heteroatoms. The second-order valence-electron chi connectivity index (χ2n) is 6.98. The molecule has 1 fully saturated rings. The molecule has 0 aliphatic carbocycles. The average molecular weight is 386 g/mol. The highest BCUT2D eigenvalue weighted by atomic mass is 35.5. The van der Waals surface area contributed by atoms with Crippen LogP contribution in [0.2, 0.25) is 5.02 Å². The van der Waals surface area contributed by atoms with Crippen LogP contribution in [-0.2, 0) is 9.59 Å². The van der Waals surface area contributed by atoms with Crippen molar-refractivity contribution in [2.24, 2.45) is 11.7 Å². The van der Waals surface area contributed by atoms with E-state index in [0.29, 0.717) is 36.6 Å². The van der Waals surface area contributed by atoms with Crippen LogP contribution in [-0.4, -0.2) is 29.8 Å². The van der Waals surface area contributed by atoms with Gasteiger partial charge in [-0.25, -0.2) is 0 Å². The number of hydrogen-bond acceptors (Lipinski definition) is 3. The average Bonchev–Trinajstić information content (AvgIpc) is 2.66. The second kappa shape index (κ2) is 8.55. The van der Waals surface area contributed by atoms with Gasteiger partial charge in [0.05, 0.1) is 0 Å². The van der Waals surface area contributed by atoms with Crippen LogP contribution in [0.5, 0.6) is 0 Å². The van der Waals surface area contributed by atoms with Gasteiger partial charge in [0.1, 0.15) is 6.04 Å². The van der Waals surface area contributed by atoms with Crippen molar-refractivity contribution < 1.29 is 9.59 Å². The molecule has 0 bridgehead atoms. The third-order valence-corrected chi connectivity index (χ3v) is 5.51. The van der Waals surface area contributed by atoms with E-state index in [1.807, 2.05) is 49.4 Å². The van der Waals surface area contributed by atoms with E-state index in [-0.39, 0.29) is 17.7 Å². The summed E-state index contributed by atoms with van der Waals surface area (Å²) < 4.78 is 0. The number of likely N-dealkylation sites (tertiary alicyclic amines) is 1. The molecule has 0 unspecified atom stereocenters. The van der Waals surface area contributed by atoms with Gasteiger partial charge in [-0.15, -0.1) is 0 Å². The van der Waals surface area contributed by atoms with Crippen LogP contribution in [0.1, 0.15) is 30.0 Å². The topological polar surface area (TPSA) is 75.4 Å². The number of nitrogens with one attached hydrogen (secondary N) is 1. The van der Waals surface area contributed by atoms with Crippen LogP contribution in [0, 0.1) is 12.8 Å². The number of carbonyl (C=O) groups excluding carboxylic acids is 2. The number of nitrogens with zero attached hydrogens (tertiary/aromatic N) is 1. The van der Waals surface area contributed by atoms with Gasteiger partial charge < -0.3 is 11.1 Å². The number of benzene rings is 2. The summed E-state index contributed by atoms with van der Waals surface area (Å²) in [6, 6.07) is 14.7. The molecule has 2 aromatic carbocycles. The van der Waals surface area contributed by atoms with Gasteiger partial charge >= 0.3 is 0 Å². The second-order valence-corrected chi connectivity index (χ2v) is 7.39. The molecule has 142 valence electrons. The van der Waals surface area contributed by atoms with E-state index < -0.39 is 6.04 Å². The maximum Gasteiger partial charge on any atom is 0.246 e. The zero-order valence-corrected chi connectivity index (χ0v) is 16.1. The quantitative estimate of drug-likeness (QED) is 0.826. The number of hydrogen-bond donors (Lipinski definition) is 2. The van der Waals surface area contributed by atoms with E-state index in [4.69, 9.17) is 17.3 Å². The molecule has 1 saturated heterocycles. The number of piperidine rings is 1. The molecular weight excluding hydrogens is 362 g/mol. The van der Waals surface area contributed by atoms with Crippen LogP contribution < -0.4 is 11.1 Å². The van der Waals surface area contributed by atoms with Crippen molar-refractivity contribution in [2.45, 2.75) is 25.8 Å². The summed E-state index contributed by atoms with van der Waals surface area (Å²) >= 11 is 6.18. The standard InChI is InChI=1S/C21H24ClN3O2/c1-14-7-8-17(13-18(14)22)24-21(27)19(15-5-3-2-4-6-15)25-11-9-16(10-12-25)20(23)26/h2-8,13,16,19H,9-12H2,1H3,(H2,23,26)(H,24,27)/t19-/m1/s1. The fraction of sp³-hybridized carbons (Fsp3) is 0.333. The van der Waals surface area contributed by atoms with Gasteiger partial charge in [-0.2, -0.15) is 0 Å². The zero-order chi connectivity index (χ0) is 19.4. The highest BCUT2D eigenvalue weighted by molar-refractivity contribution is 6.31. The first-order valence-corrected chi connectivity index (χ1v) is 9.49. The largest absolute Gasteiger partial charge is 0.369 e. The first kappa shape index (κ1) is 19.4. The summed E-state index contributed by atoms with van der Waals surface area (Å²) in [5, 5.41) is 3.60. The van der Waals surface area contributed by atoms with E-state index in [0.717, 1.165) is 11.1 Å². The number of anilines is 1. The van der Waals surface area contributed by atoms with Crippen molar-refractivity contribution in [3.05, 3.63) is 64.7 Å². The lowest BCUT2D eigenvalue weighted by Gasteiger charge is -2.36. The van der Waals surface area contributed by atoms with Gasteiger partial charge in [0.25, 0.3) is 0 Å². The van der Waals surface area contributed by atoms with Gasteiger partial charge in [-0.05, 0) is 56.1 Å². The van der Waals surface area contributed by atoms with Crippen LogP contribution in [0.15, 0.2) is 48.5 Å². The van der Waals surface area contributed by atoms with Gasteiger partial charge in [-0.3, -0.25) is 14.5 Å². The Balaban J connectivity index is 1.81. The minimum Gasteiger partial charge on any atom is -0.369 e. The molecule has 5 nitrogen and oxygen atoms in total. The molecule has 1 aliphatic heterocycles. The van der Waals surface area contributed by atoms with Crippen molar-refractivity contribution in [1.82, 2.24) is 4.90 Å². The number of nitrogens with two attached hydrogens (primary N) is 1. The highest BCUT2D eigenvalue weighted by Crippen LogP contribution is 2.29. The molecule has 27 heavy (non-hydrogen) atoms. The predicted molar refractivity (Wildman–Crippen MR) is 107 cm³/mol. The van der Waals surface area contributed by atoms with E-state index in [1.54, 1.807) is 6.07 Å². The van der Waals surface area contributed by atoms with Crippen molar-refractivity contribution in [3.8, 4) is 0 Å². The van der Waals surface area contributed by atoms with Gasteiger partial charge in [0, 0.05) is 16.6 Å². The van der Waals surface area contributed by atoms with Crippen molar-refractivity contribution in [2.75, 3.05) is 18.4 Å². The predicted octanol–water partition coefficient (Wildman–Crippen LogP) is 3.53. The van der Waals surface area contributed by atoms with Gasteiger partial charge in [-0.1, -0.05) is 48.0 Å². The zero-order valence-electron chi connectivity index (χ0n) is 15.3. The van der Waals surface area contributed by atoms with Crippen molar-refractivity contribution in [1.29, 1.82) is 0 Å². The molecule has 3 N–H and O–H groups in total. The number of rotatable bonds is 5. The van der Waals surface area contributed by atoms with Crippen LogP contribution in [0.4, 0.5) is 5.69 Å². The highest BCUT2D eigenvalue weighted by Gasteiger charge is 2.32. The molecule has 0 spiro atoms. The fourth-order valence-corrected chi connectivity index (χ4v) is 3.67. The Kier molecular flexibility index (Phi) is 6.14. The van der Waals surface area contributed by atoms with E-state index >= 15 is 0 Å². The third kappa shape index (κ3) is 4.67. The van der Waals surface area contributed by atoms with E-state index in [1.165, 1.54) is 0 Å². The molecule has 3 rings (SSSR count). The Labute approximate surface area is 164 Å². The first-order chi connectivity index (χ1) is 13.0. The van der Waals surface area contributed by atoms with Crippen molar-refractivity contribution >= 4 is 29.1 Å². The fourth-order valence-electron chi connectivity index (χ4n) is 3.49. The minimum atomic E-state index is -0.430. The summed E-state index contributed by atoms with van der Waals surface area (Å²) in [6.07, 6.45) is 1.34. The summed E-state index contributed by atoms with van der Waals surface area (Å²) in [6.45, 7) is 3.22. The molecule has 1 atom stereocenters.